The first kappa shape index (κ1) is 13.9. The van der Waals surface area contributed by atoms with E-state index in [-0.39, 0.29) is 5.82 Å². The van der Waals surface area contributed by atoms with Crippen molar-refractivity contribution >= 4 is 0 Å². The molecule has 0 amide bonds. The highest BCUT2D eigenvalue weighted by molar-refractivity contribution is 5.47. The molecule has 1 aliphatic rings. The van der Waals surface area contributed by atoms with Crippen LogP contribution in [0, 0.1) is 5.82 Å². The number of para-hydroxylation sites is 1. The van der Waals surface area contributed by atoms with Gasteiger partial charge in [0.05, 0.1) is 13.2 Å². The average Bonchev–Trinajstić information content (AvgIpc) is 2.75. The molecule has 21 heavy (non-hydrogen) atoms. The van der Waals surface area contributed by atoms with Gasteiger partial charge in [-0.15, -0.1) is 0 Å². The van der Waals surface area contributed by atoms with Crippen molar-refractivity contribution < 1.29 is 13.9 Å². The van der Waals surface area contributed by atoms with Crippen LogP contribution in [0.25, 0.3) is 0 Å². The monoisotopic (exact) mass is 287 g/mol. The second-order valence-electron chi connectivity index (χ2n) is 5.02. The van der Waals surface area contributed by atoms with Crippen LogP contribution in [0.5, 0.6) is 11.5 Å². The third-order valence-corrected chi connectivity index (χ3v) is 3.41. The van der Waals surface area contributed by atoms with Gasteiger partial charge in [-0.25, -0.2) is 4.39 Å². The van der Waals surface area contributed by atoms with Crippen molar-refractivity contribution in [2.75, 3.05) is 13.2 Å². The molecule has 0 aliphatic carbocycles. The second kappa shape index (κ2) is 6.59. The Kier molecular flexibility index (Phi) is 4.36. The summed E-state index contributed by atoms with van der Waals surface area (Å²) < 4.78 is 24.3. The first-order valence-corrected chi connectivity index (χ1v) is 7.15. The summed E-state index contributed by atoms with van der Waals surface area (Å²) >= 11 is 0. The quantitative estimate of drug-likeness (QED) is 0.936. The molecule has 0 unspecified atom stereocenters. The minimum atomic E-state index is -0.210. The lowest BCUT2D eigenvalue weighted by molar-refractivity contribution is 0.296. The molecule has 0 saturated carbocycles. The molecule has 1 heterocycles. The number of hydrogen-bond acceptors (Lipinski definition) is 3. The maximum atomic E-state index is 12.8. The second-order valence-corrected chi connectivity index (χ2v) is 5.02. The number of hydrogen-bond donors (Lipinski definition) is 1. The summed E-state index contributed by atoms with van der Waals surface area (Å²) in [6, 6.07) is 12.5. The van der Waals surface area contributed by atoms with Gasteiger partial charge in [0.1, 0.15) is 5.82 Å². The predicted molar refractivity (Wildman–Crippen MR) is 79.0 cm³/mol. The fourth-order valence-electron chi connectivity index (χ4n) is 2.34. The molecule has 1 aliphatic heterocycles. The first-order valence-electron chi connectivity index (χ1n) is 7.15. The molecule has 0 fully saturated rings. The van der Waals surface area contributed by atoms with E-state index in [1.165, 1.54) is 12.1 Å². The maximum absolute atomic E-state index is 12.8. The number of halogens is 1. The van der Waals surface area contributed by atoms with Crippen molar-refractivity contribution in [3.8, 4) is 11.5 Å². The highest BCUT2D eigenvalue weighted by Gasteiger charge is 2.13. The van der Waals surface area contributed by atoms with Crippen LogP contribution in [-0.4, -0.2) is 13.2 Å². The highest BCUT2D eigenvalue weighted by Crippen LogP contribution is 2.33. The summed E-state index contributed by atoms with van der Waals surface area (Å²) in [6.07, 6.45) is 0.900. The molecular formula is C17H18FNO2. The van der Waals surface area contributed by atoms with Gasteiger partial charge < -0.3 is 14.8 Å². The van der Waals surface area contributed by atoms with Gasteiger partial charge in [-0.3, -0.25) is 0 Å². The fourth-order valence-corrected chi connectivity index (χ4v) is 2.34. The summed E-state index contributed by atoms with van der Waals surface area (Å²) in [5, 5.41) is 3.35. The van der Waals surface area contributed by atoms with Crippen molar-refractivity contribution in [3.05, 3.63) is 59.4 Å². The van der Waals surface area contributed by atoms with Crippen LogP contribution in [0.2, 0.25) is 0 Å². The van der Waals surface area contributed by atoms with E-state index in [0.717, 1.165) is 29.0 Å². The Morgan fingerprint density at radius 1 is 0.952 bits per heavy atom. The number of nitrogens with one attached hydrogen (secondary N) is 1. The van der Waals surface area contributed by atoms with E-state index < -0.39 is 0 Å². The molecule has 1 N–H and O–H groups in total. The van der Waals surface area contributed by atoms with Crippen molar-refractivity contribution in [1.29, 1.82) is 0 Å². The molecule has 110 valence electrons. The zero-order chi connectivity index (χ0) is 14.5. The summed E-state index contributed by atoms with van der Waals surface area (Å²) in [5.74, 6) is 1.44. The largest absolute Gasteiger partial charge is 0.490 e. The minimum Gasteiger partial charge on any atom is -0.490 e. The molecule has 0 bridgehead atoms. The van der Waals surface area contributed by atoms with Gasteiger partial charge in [0, 0.05) is 25.1 Å². The van der Waals surface area contributed by atoms with E-state index in [4.69, 9.17) is 9.47 Å². The Labute approximate surface area is 123 Å². The molecule has 3 rings (SSSR count). The lowest BCUT2D eigenvalue weighted by atomic mass is 10.1. The van der Waals surface area contributed by atoms with E-state index in [1.54, 1.807) is 12.1 Å². The predicted octanol–water partition coefficient (Wildman–Crippen LogP) is 3.28. The lowest BCUT2D eigenvalue weighted by Crippen LogP contribution is -2.13. The molecular weight excluding hydrogens is 269 g/mol. The Bertz CT molecular complexity index is 598. The van der Waals surface area contributed by atoms with Crippen molar-refractivity contribution in [2.45, 2.75) is 19.5 Å². The van der Waals surface area contributed by atoms with E-state index in [9.17, 15) is 4.39 Å². The SMILES string of the molecule is Fc1ccc(CNCc2cccc3c2OCCCO3)cc1. The van der Waals surface area contributed by atoms with E-state index in [2.05, 4.69) is 5.32 Å². The molecule has 4 heteroatoms. The molecule has 0 spiro atoms. The van der Waals surface area contributed by atoms with Crippen LogP contribution in [0.15, 0.2) is 42.5 Å². The Morgan fingerprint density at radius 2 is 1.76 bits per heavy atom. The normalized spacial score (nSPS) is 13.8. The van der Waals surface area contributed by atoms with Crippen molar-refractivity contribution in [2.24, 2.45) is 0 Å². The van der Waals surface area contributed by atoms with E-state index >= 15 is 0 Å². The van der Waals surface area contributed by atoms with Crippen LogP contribution in [0.3, 0.4) is 0 Å². The zero-order valence-electron chi connectivity index (χ0n) is 11.8. The summed E-state index contributed by atoms with van der Waals surface area (Å²) in [6.45, 7) is 2.75. The number of fused-ring (bicyclic) bond motifs is 1. The summed E-state index contributed by atoms with van der Waals surface area (Å²) in [4.78, 5) is 0. The van der Waals surface area contributed by atoms with Crippen LogP contribution in [0.4, 0.5) is 4.39 Å². The molecule has 0 atom stereocenters. The molecule has 2 aromatic rings. The van der Waals surface area contributed by atoms with Gasteiger partial charge >= 0.3 is 0 Å². The van der Waals surface area contributed by atoms with Gasteiger partial charge in [-0.2, -0.15) is 0 Å². The Balaban J connectivity index is 1.64. The first-order chi connectivity index (χ1) is 10.3. The van der Waals surface area contributed by atoms with Gasteiger partial charge in [-0.05, 0) is 23.8 Å². The molecule has 0 radical (unpaired) electrons. The van der Waals surface area contributed by atoms with Crippen LogP contribution < -0.4 is 14.8 Å². The zero-order valence-corrected chi connectivity index (χ0v) is 11.8. The summed E-state index contributed by atoms with van der Waals surface area (Å²) in [5.41, 5.74) is 2.13. The maximum Gasteiger partial charge on any atom is 0.165 e. The average molecular weight is 287 g/mol. The smallest absolute Gasteiger partial charge is 0.165 e. The topological polar surface area (TPSA) is 30.5 Å². The van der Waals surface area contributed by atoms with E-state index in [0.29, 0.717) is 26.3 Å². The third-order valence-electron chi connectivity index (χ3n) is 3.41. The van der Waals surface area contributed by atoms with Crippen molar-refractivity contribution in [3.63, 3.8) is 0 Å². The Morgan fingerprint density at radius 3 is 2.62 bits per heavy atom. The molecule has 0 saturated heterocycles. The minimum absolute atomic E-state index is 0.210. The molecule has 3 nitrogen and oxygen atoms in total. The third kappa shape index (κ3) is 3.52. The standard InChI is InChI=1S/C17H18FNO2/c18-15-7-5-13(6-8-15)11-19-12-14-3-1-4-16-17(14)21-10-2-9-20-16/h1,3-8,19H,2,9-12H2. The summed E-state index contributed by atoms with van der Waals surface area (Å²) in [7, 11) is 0. The van der Waals surface area contributed by atoms with Crippen LogP contribution in [-0.2, 0) is 13.1 Å². The van der Waals surface area contributed by atoms with Gasteiger partial charge in [-0.1, -0.05) is 24.3 Å². The van der Waals surface area contributed by atoms with Gasteiger partial charge in [0.2, 0.25) is 0 Å². The highest BCUT2D eigenvalue weighted by atomic mass is 19.1. The van der Waals surface area contributed by atoms with Crippen LogP contribution in [0.1, 0.15) is 17.5 Å². The Hall–Kier alpha value is -2.07. The van der Waals surface area contributed by atoms with Gasteiger partial charge in [0.15, 0.2) is 11.5 Å². The van der Waals surface area contributed by atoms with Gasteiger partial charge in [0.25, 0.3) is 0 Å². The molecule has 2 aromatic carbocycles. The van der Waals surface area contributed by atoms with Crippen LogP contribution >= 0.6 is 0 Å². The fraction of sp³-hybridized carbons (Fsp3) is 0.294. The lowest BCUT2D eigenvalue weighted by Gasteiger charge is -2.13. The van der Waals surface area contributed by atoms with E-state index in [1.807, 2.05) is 18.2 Å². The number of rotatable bonds is 4. The van der Waals surface area contributed by atoms with Crippen molar-refractivity contribution in [1.82, 2.24) is 5.32 Å². The molecule has 0 aromatic heterocycles. The number of benzene rings is 2. The number of ether oxygens (including phenoxy) is 2.